The summed E-state index contributed by atoms with van der Waals surface area (Å²) >= 11 is 0. The number of hydrogen-bond acceptors (Lipinski definition) is 10. The second-order valence-electron chi connectivity index (χ2n) is 30.8. The summed E-state index contributed by atoms with van der Waals surface area (Å²) in [6.07, 6.45) is 11.4. The molecule has 0 aliphatic carbocycles. The van der Waals surface area contributed by atoms with Gasteiger partial charge in [-0.25, -0.2) is 0 Å². The molecular weight excluding hydrogens is 1680 g/mol. The molecule has 0 amide bonds. The Kier molecular flexibility index (Phi) is 36.3. The maximum Gasteiger partial charge on any atom is 0.422 e. The van der Waals surface area contributed by atoms with Gasteiger partial charge in [0, 0.05) is 157 Å². The molecule has 0 unspecified atom stereocenters. The standard InChI is InChI=1S/C18H23O2S.C17H18F3OS.2C17H21O2S.C16H16F3OS.C16H19O2S/c1-2-19-14-20-17-10-11-18(21-12-6-3-7-13-21)16-9-5-4-8-15(16)17;18-17(19,20)12-21-15-8-9-16(22-10-4-1-5-11-22)14-7-3-2-6-13(14)15;1-18-13-19-16-9-10-17(20-11-5-2-6-12-20)15-8-4-3-7-14(15)16;1-2-18-13-19-16-9-10-17(20-11-5-6-12-20)15-8-4-3-7-14(15)16;17-16(18,19)11-20-14-7-8-15(21-9-3-4-10-21)13-6-2-1-5-12(13)14;1-17-12-18-15-8-9-16(19-10-4-5-11-19)14-7-3-2-6-13(14)15/h4-5,8-11H,2-3,6-7,12-14H2,1H3;2-3,6-9H,1,4-5,10-12H2;2*3-4,7-10H,2,5-6,11-13H2,1H3;1-2,5-8H,3-4,9-11H2;2-3,6-9H,4-5,10-12H2,1H3/q6*+1. The van der Waals surface area contributed by atoms with Crippen LogP contribution in [-0.2, 0) is 84.3 Å². The summed E-state index contributed by atoms with van der Waals surface area (Å²) in [4.78, 5) is 8.61. The first-order chi connectivity index (χ1) is 60.2. The zero-order valence-electron chi connectivity index (χ0n) is 71.3. The summed E-state index contributed by atoms with van der Waals surface area (Å²) in [7, 11) is 5.44. The van der Waals surface area contributed by atoms with Crippen LogP contribution in [0.5, 0.6) is 34.5 Å². The highest BCUT2D eigenvalue weighted by atomic mass is 32.2. The van der Waals surface area contributed by atoms with Gasteiger partial charge in [-0.1, -0.05) is 109 Å². The first kappa shape index (κ1) is 93.2. The van der Waals surface area contributed by atoms with Crippen LogP contribution in [-0.4, -0.2) is 149 Å². The summed E-state index contributed by atoms with van der Waals surface area (Å²) in [6.45, 7) is 4.07. The normalized spacial score (nSPS) is 16.3. The van der Waals surface area contributed by atoms with Crippen molar-refractivity contribution in [1.82, 2.24) is 0 Å². The SMILES string of the molecule is CCOCOc1ccc([S+]2CCCC2)c2ccccc12.CCOCOc1ccc([S+]2CCCCC2)c2ccccc12.COCOc1ccc([S+]2CCCC2)c2ccccc12.COCOc1ccc([S+]2CCCCC2)c2ccccc12.FC(F)(F)COc1ccc([S+]2CCCC2)c2ccccc12.FC(F)(F)COc1ccc([S+]2CCCCC2)c2ccccc12. The molecule has 0 N–H and O–H groups in total. The zero-order valence-corrected chi connectivity index (χ0v) is 76.2. The van der Waals surface area contributed by atoms with Gasteiger partial charge in [0.2, 0.25) is 0 Å². The fourth-order valence-corrected chi connectivity index (χ4v) is 31.4. The van der Waals surface area contributed by atoms with Gasteiger partial charge in [0.05, 0.1) is 0 Å². The molecule has 0 bridgehead atoms. The molecule has 6 fully saturated rings. The van der Waals surface area contributed by atoms with Crippen LogP contribution in [0.4, 0.5) is 26.3 Å². The van der Waals surface area contributed by atoms with Crippen LogP contribution < -0.4 is 28.4 Å². The Morgan fingerprint density at radius 1 is 0.220 bits per heavy atom. The van der Waals surface area contributed by atoms with E-state index in [0.29, 0.717) is 95.5 Å². The molecule has 0 atom stereocenters. The Balaban J connectivity index is 0.000000127. The van der Waals surface area contributed by atoms with E-state index in [2.05, 4.69) is 146 Å². The molecule has 18 rings (SSSR count). The first-order valence-corrected chi connectivity index (χ1v) is 52.8. The minimum atomic E-state index is -4.31. The van der Waals surface area contributed by atoms with E-state index in [9.17, 15) is 26.3 Å². The second-order valence-corrected chi connectivity index (χ2v) is 44.2. The number of benzene rings is 12. The van der Waals surface area contributed by atoms with E-state index in [4.69, 9.17) is 47.4 Å². The van der Waals surface area contributed by atoms with Crippen LogP contribution in [0.1, 0.15) is 110 Å². The van der Waals surface area contributed by atoms with Crippen molar-refractivity contribution in [2.45, 2.75) is 152 Å². The Hall–Kier alpha value is -7.48. The van der Waals surface area contributed by atoms with Crippen LogP contribution in [0, 0.1) is 0 Å². The summed E-state index contributed by atoms with van der Waals surface area (Å²) in [5.74, 6) is 19.9. The van der Waals surface area contributed by atoms with Crippen molar-refractivity contribution >= 4 is 130 Å². The van der Waals surface area contributed by atoms with Gasteiger partial charge in [-0.05, 0) is 219 Å². The minimum Gasteiger partial charge on any atom is -0.483 e. The van der Waals surface area contributed by atoms with Crippen LogP contribution in [0.2, 0.25) is 0 Å². The average molecular weight is 1800 g/mol. The van der Waals surface area contributed by atoms with Crippen molar-refractivity contribution < 1.29 is 73.7 Å². The van der Waals surface area contributed by atoms with Crippen LogP contribution in [0.25, 0.3) is 64.6 Å². The number of alkyl halides is 6. The van der Waals surface area contributed by atoms with Gasteiger partial charge in [0.15, 0.2) is 69.8 Å². The monoisotopic (exact) mass is 1800 g/mol. The average Bonchev–Trinajstić information content (AvgIpc) is 1.06. The van der Waals surface area contributed by atoms with Crippen molar-refractivity contribution in [3.8, 4) is 34.5 Å². The van der Waals surface area contributed by atoms with Gasteiger partial charge in [0.1, 0.15) is 104 Å². The van der Waals surface area contributed by atoms with Gasteiger partial charge < -0.3 is 47.4 Å². The highest BCUT2D eigenvalue weighted by Gasteiger charge is 2.36. The molecule has 0 aromatic heterocycles. The van der Waals surface area contributed by atoms with Crippen molar-refractivity contribution in [1.29, 1.82) is 0 Å². The summed E-state index contributed by atoms with van der Waals surface area (Å²) < 4.78 is 128. The summed E-state index contributed by atoms with van der Waals surface area (Å²) in [6, 6.07) is 74.3. The van der Waals surface area contributed by atoms with E-state index in [-0.39, 0.29) is 21.8 Å². The zero-order chi connectivity index (χ0) is 85.6. The first-order valence-electron chi connectivity index (χ1n) is 43.4. The molecule has 6 aliphatic heterocycles. The predicted octanol–water partition coefficient (Wildman–Crippen LogP) is 25.4. The maximum atomic E-state index is 12.4. The number of rotatable bonds is 24. The van der Waals surface area contributed by atoms with Crippen molar-refractivity contribution in [3.63, 3.8) is 0 Å². The molecule has 6 aliphatic rings. The lowest BCUT2D eigenvalue weighted by atomic mass is 10.1. The maximum absolute atomic E-state index is 12.4. The molecule has 12 aromatic carbocycles. The van der Waals surface area contributed by atoms with Gasteiger partial charge in [-0.3, -0.25) is 0 Å². The largest absolute Gasteiger partial charge is 0.483 e. The Morgan fingerprint density at radius 3 is 0.569 bits per heavy atom. The molecule has 0 radical (unpaired) electrons. The van der Waals surface area contributed by atoms with Crippen LogP contribution in [0.15, 0.2) is 248 Å². The van der Waals surface area contributed by atoms with E-state index < -0.39 is 25.6 Å². The molecule has 123 heavy (non-hydrogen) atoms. The van der Waals surface area contributed by atoms with Gasteiger partial charge in [-0.2, -0.15) is 26.3 Å². The minimum absolute atomic E-state index is 0.210. The molecule has 22 heteroatoms. The molecular formula is C101H118F6O10S6+6. The van der Waals surface area contributed by atoms with E-state index in [1.54, 1.807) is 26.4 Å². The van der Waals surface area contributed by atoms with Crippen molar-refractivity contribution in [3.05, 3.63) is 218 Å². The van der Waals surface area contributed by atoms with Crippen LogP contribution >= 0.6 is 0 Å². The summed E-state index contributed by atoms with van der Waals surface area (Å²) in [5, 5.41) is 13.9. The van der Waals surface area contributed by atoms with Crippen LogP contribution in [0.3, 0.4) is 0 Å². The molecule has 0 spiro atoms. The number of halogens is 6. The third-order valence-electron chi connectivity index (χ3n) is 22.3. The quantitative estimate of drug-likeness (QED) is 0.0252. The number of hydrogen-bond donors (Lipinski definition) is 0. The third kappa shape index (κ3) is 26.1. The topological polar surface area (TPSA) is 92.3 Å². The Labute approximate surface area is 739 Å². The predicted molar refractivity (Wildman–Crippen MR) is 507 cm³/mol. The lowest BCUT2D eigenvalue weighted by molar-refractivity contribution is -0.153. The highest BCUT2D eigenvalue weighted by Crippen LogP contribution is 2.42. The Bertz CT molecular complexity index is 5270. The molecule has 0 saturated carbocycles. The Morgan fingerprint density at radius 2 is 0.390 bits per heavy atom. The molecule has 10 nitrogen and oxygen atoms in total. The van der Waals surface area contributed by atoms with E-state index in [1.165, 1.54) is 238 Å². The second kappa shape index (κ2) is 47.9. The van der Waals surface area contributed by atoms with Crippen molar-refractivity contribution in [2.24, 2.45) is 0 Å². The van der Waals surface area contributed by atoms with E-state index in [0.717, 1.165) is 44.5 Å². The molecule has 6 heterocycles. The fraction of sp³-hybridized carbons (Fsp3) is 0.406. The van der Waals surface area contributed by atoms with Gasteiger partial charge in [-0.15, -0.1) is 0 Å². The number of ether oxygens (including phenoxy) is 10. The number of methoxy groups -OCH3 is 2. The molecule has 6 saturated heterocycles. The smallest absolute Gasteiger partial charge is 0.422 e. The lowest BCUT2D eigenvalue weighted by Gasteiger charge is -2.17. The third-order valence-corrected chi connectivity index (χ3v) is 37.6. The fourth-order valence-electron chi connectivity index (χ4n) is 16.4. The number of fused-ring (bicyclic) bond motifs is 6. The highest BCUT2D eigenvalue weighted by molar-refractivity contribution is 7.98. The molecule has 654 valence electrons. The van der Waals surface area contributed by atoms with Gasteiger partial charge in [0.25, 0.3) is 0 Å². The summed E-state index contributed by atoms with van der Waals surface area (Å²) in [5.41, 5.74) is 0. The van der Waals surface area contributed by atoms with Crippen molar-refractivity contribution in [2.75, 3.05) is 137 Å². The van der Waals surface area contributed by atoms with E-state index >= 15 is 0 Å². The lowest BCUT2D eigenvalue weighted by Crippen LogP contribution is -2.20. The van der Waals surface area contributed by atoms with E-state index in [1.807, 2.05) is 74.5 Å². The molecule has 12 aromatic rings. The van der Waals surface area contributed by atoms with Gasteiger partial charge >= 0.3 is 12.4 Å².